The Hall–Kier alpha value is -3.65. The molecule has 0 amide bonds. The number of nitriles is 1. The first kappa shape index (κ1) is 21.1. The highest BCUT2D eigenvalue weighted by molar-refractivity contribution is 7.86. The second-order valence-corrected chi connectivity index (χ2v) is 7.04. The molecule has 3 aromatic rings. The van der Waals surface area contributed by atoms with Crippen molar-refractivity contribution >= 4 is 22.5 Å². The van der Waals surface area contributed by atoms with Crippen LogP contribution in [0.5, 0.6) is 5.75 Å². The number of benzene rings is 2. The SMILES string of the molecule is N#Cc1c(N)ncnc1-c1ccc(NS(=O)C(F)F)c(OCc2ccc(F)cc2)c1. The van der Waals surface area contributed by atoms with Crippen molar-refractivity contribution in [2.75, 3.05) is 10.5 Å². The summed E-state index contributed by atoms with van der Waals surface area (Å²) in [5, 5.41) is 9.33. The molecule has 154 valence electrons. The van der Waals surface area contributed by atoms with Gasteiger partial charge in [-0.1, -0.05) is 18.2 Å². The summed E-state index contributed by atoms with van der Waals surface area (Å²) in [4.78, 5) is 7.82. The zero-order valence-electron chi connectivity index (χ0n) is 15.2. The monoisotopic (exact) mass is 433 g/mol. The molecule has 1 atom stereocenters. The van der Waals surface area contributed by atoms with Crippen LogP contribution in [0.3, 0.4) is 0 Å². The largest absolute Gasteiger partial charge is 0.487 e. The van der Waals surface area contributed by atoms with Crippen LogP contribution in [0.25, 0.3) is 11.3 Å². The minimum absolute atomic E-state index is 0.0164. The molecule has 0 bridgehead atoms. The standard InChI is InChI=1S/C19H14F3N5O2S/c20-13-4-1-11(2-5-13)9-29-16-7-12(3-6-15(16)27-30(28)19(21)22)17-14(8-23)18(24)26-10-25-17/h1-7,10,19,27H,9H2,(H2,24,25,26). The molecule has 0 aliphatic rings. The molecule has 3 N–H and O–H groups in total. The number of rotatable bonds is 7. The third kappa shape index (κ3) is 4.84. The molecule has 30 heavy (non-hydrogen) atoms. The lowest BCUT2D eigenvalue weighted by Gasteiger charge is -2.15. The fourth-order valence-electron chi connectivity index (χ4n) is 2.50. The van der Waals surface area contributed by atoms with E-state index in [1.807, 2.05) is 6.07 Å². The van der Waals surface area contributed by atoms with Gasteiger partial charge in [-0.15, -0.1) is 0 Å². The molecular formula is C19H14F3N5O2S. The highest BCUT2D eigenvalue weighted by Gasteiger charge is 2.18. The summed E-state index contributed by atoms with van der Waals surface area (Å²) in [5.74, 6) is -3.47. The van der Waals surface area contributed by atoms with Crippen molar-refractivity contribution in [3.05, 3.63) is 65.7 Å². The first-order valence-corrected chi connectivity index (χ1v) is 9.58. The van der Waals surface area contributed by atoms with E-state index in [-0.39, 0.29) is 35.1 Å². The quantitative estimate of drug-likeness (QED) is 0.588. The Bertz CT molecular complexity index is 1120. The van der Waals surface area contributed by atoms with Gasteiger partial charge in [0, 0.05) is 5.56 Å². The van der Waals surface area contributed by atoms with Crippen LogP contribution in [0, 0.1) is 17.1 Å². The Morgan fingerprint density at radius 3 is 2.60 bits per heavy atom. The van der Waals surface area contributed by atoms with E-state index < -0.39 is 22.6 Å². The zero-order chi connectivity index (χ0) is 21.7. The fraction of sp³-hybridized carbons (Fsp3) is 0.105. The molecule has 0 saturated heterocycles. The van der Waals surface area contributed by atoms with Gasteiger partial charge in [0.25, 0.3) is 0 Å². The second-order valence-electron chi connectivity index (χ2n) is 5.88. The normalized spacial score (nSPS) is 11.7. The van der Waals surface area contributed by atoms with Crippen LogP contribution < -0.4 is 15.2 Å². The van der Waals surface area contributed by atoms with Crippen LogP contribution in [-0.2, 0) is 17.6 Å². The van der Waals surface area contributed by atoms with E-state index in [2.05, 4.69) is 14.7 Å². The van der Waals surface area contributed by atoms with Crippen molar-refractivity contribution < 1.29 is 22.1 Å². The molecule has 1 heterocycles. The smallest absolute Gasteiger partial charge is 0.330 e. The van der Waals surface area contributed by atoms with Crippen LogP contribution in [0.4, 0.5) is 24.7 Å². The van der Waals surface area contributed by atoms with Gasteiger partial charge in [-0.2, -0.15) is 14.0 Å². The van der Waals surface area contributed by atoms with Gasteiger partial charge in [-0.3, -0.25) is 4.72 Å². The summed E-state index contributed by atoms with van der Waals surface area (Å²) in [5.41, 5.74) is 7.04. The van der Waals surface area contributed by atoms with E-state index in [1.165, 1.54) is 48.8 Å². The number of alkyl halides is 2. The lowest BCUT2D eigenvalue weighted by Crippen LogP contribution is -2.13. The molecule has 0 aliphatic heterocycles. The minimum Gasteiger partial charge on any atom is -0.487 e. The predicted molar refractivity (Wildman–Crippen MR) is 105 cm³/mol. The van der Waals surface area contributed by atoms with Crippen LogP contribution in [0.2, 0.25) is 0 Å². The maximum absolute atomic E-state index is 13.1. The van der Waals surface area contributed by atoms with Gasteiger partial charge in [0.1, 0.15) is 42.0 Å². The van der Waals surface area contributed by atoms with Gasteiger partial charge in [0.15, 0.2) is 11.0 Å². The lowest BCUT2D eigenvalue weighted by molar-refractivity contribution is 0.244. The maximum Gasteiger partial charge on any atom is 0.330 e. The summed E-state index contributed by atoms with van der Waals surface area (Å²) in [6.07, 6.45) is 1.18. The highest BCUT2D eigenvalue weighted by Crippen LogP contribution is 2.33. The number of ether oxygens (including phenoxy) is 1. The molecule has 0 aliphatic carbocycles. The van der Waals surface area contributed by atoms with Crippen molar-refractivity contribution in [3.8, 4) is 23.1 Å². The Balaban J connectivity index is 1.98. The number of halogens is 3. The van der Waals surface area contributed by atoms with Crippen LogP contribution in [0.1, 0.15) is 11.1 Å². The predicted octanol–water partition coefficient (Wildman–Crippen LogP) is 3.61. The van der Waals surface area contributed by atoms with Crippen LogP contribution in [-0.4, -0.2) is 19.9 Å². The second kappa shape index (κ2) is 9.23. The molecular weight excluding hydrogens is 419 g/mol. The van der Waals surface area contributed by atoms with E-state index in [0.717, 1.165) is 0 Å². The number of nitrogens with two attached hydrogens (primary N) is 1. The Kier molecular flexibility index (Phi) is 6.48. The topological polar surface area (TPSA) is 114 Å². The molecule has 0 saturated carbocycles. The average Bonchev–Trinajstić information content (AvgIpc) is 2.73. The number of hydrogen-bond acceptors (Lipinski definition) is 6. The first-order valence-electron chi connectivity index (χ1n) is 8.36. The number of anilines is 2. The van der Waals surface area contributed by atoms with Gasteiger partial charge >= 0.3 is 5.76 Å². The zero-order valence-corrected chi connectivity index (χ0v) is 16.0. The van der Waals surface area contributed by atoms with E-state index >= 15 is 0 Å². The van der Waals surface area contributed by atoms with Crippen molar-refractivity contribution in [3.63, 3.8) is 0 Å². The summed E-state index contributed by atoms with van der Waals surface area (Å²) in [6.45, 7) is -0.0171. The summed E-state index contributed by atoms with van der Waals surface area (Å²) < 4.78 is 57.9. The van der Waals surface area contributed by atoms with Crippen molar-refractivity contribution in [1.82, 2.24) is 9.97 Å². The third-order valence-electron chi connectivity index (χ3n) is 3.92. The van der Waals surface area contributed by atoms with E-state index in [1.54, 1.807) is 0 Å². The summed E-state index contributed by atoms with van der Waals surface area (Å²) in [6, 6.07) is 11.7. The van der Waals surface area contributed by atoms with Crippen molar-refractivity contribution in [1.29, 1.82) is 5.26 Å². The number of hydrogen-bond donors (Lipinski definition) is 2. The molecule has 0 radical (unpaired) electrons. The summed E-state index contributed by atoms with van der Waals surface area (Å²) in [7, 11) is -2.66. The number of nitrogens with zero attached hydrogens (tertiary/aromatic N) is 3. The van der Waals surface area contributed by atoms with E-state index in [4.69, 9.17) is 10.5 Å². The molecule has 0 spiro atoms. The van der Waals surface area contributed by atoms with Crippen molar-refractivity contribution in [2.24, 2.45) is 0 Å². The molecule has 3 rings (SSSR count). The number of nitrogens with one attached hydrogen (secondary N) is 1. The Labute approximate surface area is 171 Å². The molecule has 0 fully saturated rings. The molecule has 2 aromatic carbocycles. The van der Waals surface area contributed by atoms with Gasteiger partial charge in [-0.05, 0) is 29.8 Å². The van der Waals surface area contributed by atoms with E-state index in [9.17, 15) is 22.6 Å². The van der Waals surface area contributed by atoms with Crippen LogP contribution in [0.15, 0.2) is 48.8 Å². The lowest BCUT2D eigenvalue weighted by atomic mass is 10.1. The molecule has 11 heteroatoms. The maximum atomic E-state index is 13.1. The van der Waals surface area contributed by atoms with Gasteiger partial charge in [0.05, 0.1) is 11.4 Å². The Morgan fingerprint density at radius 1 is 1.20 bits per heavy atom. The van der Waals surface area contributed by atoms with Gasteiger partial charge in [-0.25, -0.2) is 18.6 Å². The minimum atomic E-state index is -3.11. The molecule has 7 nitrogen and oxygen atoms in total. The molecule has 1 aromatic heterocycles. The Morgan fingerprint density at radius 2 is 1.93 bits per heavy atom. The molecule has 1 unspecified atom stereocenters. The summed E-state index contributed by atoms with van der Waals surface area (Å²) >= 11 is 0. The third-order valence-corrected chi connectivity index (χ3v) is 4.67. The highest BCUT2D eigenvalue weighted by atomic mass is 32.2. The van der Waals surface area contributed by atoms with Crippen LogP contribution >= 0.6 is 0 Å². The van der Waals surface area contributed by atoms with E-state index in [0.29, 0.717) is 11.1 Å². The van der Waals surface area contributed by atoms with Crippen molar-refractivity contribution in [2.45, 2.75) is 12.4 Å². The average molecular weight is 433 g/mol. The first-order chi connectivity index (χ1) is 14.4. The number of aromatic nitrogens is 2. The van der Waals surface area contributed by atoms with Gasteiger partial charge in [0.2, 0.25) is 0 Å². The fourth-order valence-corrected chi connectivity index (χ4v) is 2.97. The van der Waals surface area contributed by atoms with Gasteiger partial charge < -0.3 is 10.5 Å². The number of nitrogen functional groups attached to an aromatic ring is 1.